The van der Waals surface area contributed by atoms with Crippen molar-refractivity contribution >= 4 is 23.3 Å². The largest absolute Gasteiger partial charge is 0.378 e. The maximum Gasteiger partial charge on any atom is 0.246 e. The molecule has 32 heavy (non-hydrogen) atoms. The number of benzene rings is 1. The molecule has 0 bridgehead atoms. The maximum atomic E-state index is 12.4. The second-order valence-corrected chi connectivity index (χ2v) is 8.36. The molecule has 8 heteroatoms. The smallest absolute Gasteiger partial charge is 0.246 e. The lowest BCUT2D eigenvalue weighted by molar-refractivity contribution is -0.127. The van der Waals surface area contributed by atoms with Crippen LogP contribution in [0.4, 0.5) is 0 Å². The molecule has 0 saturated carbocycles. The zero-order valence-electron chi connectivity index (χ0n) is 19.0. The highest BCUT2D eigenvalue weighted by Gasteiger charge is 2.24. The van der Waals surface area contributed by atoms with E-state index < -0.39 is 0 Å². The number of imidazole rings is 1. The van der Waals surface area contributed by atoms with Gasteiger partial charge in [0.25, 0.3) is 0 Å². The molecule has 0 spiro atoms. The summed E-state index contributed by atoms with van der Waals surface area (Å²) >= 11 is 5.82. The average Bonchev–Trinajstić information content (AvgIpc) is 3.23. The Labute approximate surface area is 194 Å². The number of ketones is 1. The SMILES string of the molecule is CC(=O)c1cnc2n1CCN(C(=O)/C=C/C1COCCN1C)C2.CCc1ccccc1Cl. The van der Waals surface area contributed by atoms with Crippen LogP contribution >= 0.6 is 11.6 Å². The Hall–Kier alpha value is -2.48. The number of Topliss-reactive ketones (excluding diaryl/α,β-unsaturated/α-hetero) is 1. The number of fused-ring (bicyclic) bond motifs is 1. The van der Waals surface area contributed by atoms with Gasteiger partial charge in [-0.1, -0.05) is 42.8 Å². The molecular formula is C24H31ClN4O3. The number of likely N-dealkylation sites (N-methyl/N-ethyl adjacent to an activating group) is 1. The van der Waals surface area contributed by atoms with E-state index in [1.165, 1.54) is 12.5 Å². The topological polar surface area (TPSA) is 67.7 Å². The molecule has 1 aromatic carbocycles. The number of halogens is 1. The number of hydrogen-bond acceptors (Lipinski definition) is 5. The van der Waals surface area contributed by atoms with Crippen LogP contribution in [0.5, 0.6) is 0 Å². The standard InChI is InChI=1S/C16H22N4O3.C8H9Cl/c1-12(21)14-9-17-15-10-19(5-6-20(14)15)16(22)4-3-13-11-23-8-7-18(13)2;1-2-7-5-3-4-6-8(7)9/h3-4,9,13H,5-8,10-11H2,1-2H3;3-6H,2H2,1H3/b4-3+;. The zero-order chi connectivity index (χ0) is 23.1. The number of aryl methyl sites for hydroxylation is 1. The van der Waals surface area contributed by atoms with E-state index in [-0.39, 0.29) is 17.7 Å². The minimum Gasteiger partial charge on any atom is -0.378 e. The molecule has 1 aromatic heterocycles. The molecule has 1 unspecified atom stereocenters. The zero-order valence-corrected chi connectivity index (χ0v) is 19.7. The molecule has 7 nitrogen and oxygen atoms in total. The Morgan fingerprint density at radius 3 is 2.69 bits per heavy atom. The van der Waals surface area contributed by atoms with Gasteiger partial charge in [-0.05, 0) is 25.1 Å². The number of carbonyl (C=O) groups is 2. The van der Waals surface area contributed by atoms with Crippen LogP contribution in [0.1, 0.15) is 35.7 Å². The van der Waals surface area contributed by atoms with Crippen LogP contribution in [0, 0.1) is 0 Å². The van der Waals surface area contributed by atoms with Crippen molar-refractivity contribution in [2.45, 2.75) is 39.4 Å². The van der Waals surface area contributed by atoms with E-state index in [1.807, 2.05) is 42.0 Å². The number of nitrogens with zero attached hydrogens (tertiary/aromatic N) is 4. The molecule has 2 aromatic rings. The summed E-state index contributed by atoms with van der Waals surface area (Å²) in [6, 6.07) is 8.05. The minimum absolute atomic E-state index is 0.00348. The highest BCUT2D eigenvalue weighted by atomic mass is 35.5. The summed E-state index contributed by atoms with van der Waals surface area (Å²) in [6.07, 6.45) is 6.14. The van der Waals surface area contributed by atoms with E-state index in [2.05, 4.69) is 16.8 Å². The van der Waals surface area contributed by atoms with Gasteiger partial charge in [0.15, 0.2) is 5.78 Å². The first-order valence-corrected chi connectivity index (χ1v) is 11.3. The Morgan fingerprint density at radius 1 is 1.25 bits per heavy atom. The molecule has 0 N–H and O–H groups in total. The molecule has 3 heterocycles. The van der Waals surface area contributed by atoms with Gasteiger partial charge in [0.2, 0.25) is 5.91 Å². The van der Waals surface area contributed by atoms with Gasteiger partial charge in [-0.25, -0.2) is 4.98 Å². The number of ether oxygens (including phenoxy) is 1. The fourth-order valence-corrected chi connectivity index (χ4v) is 3.99. The van der Waals surface area contributed by atoms with Crippen molar-refractivity contribution in [1.29, 1.82) is 0 Å². The third-order valence-corrected chi connectivity index (χ3v) is 6.15. The first-order chi connectivity index (χ1) is 15.4. The van der Waals surface area contributed by atoms with Crippen molar-refractivity contribution in [3.8, 4) is 0 Å². The highest BCUT2D eigenvalue weighted by molar-refractivity contribution is 6.31. The minimum atomic E-state index is -0.0254. The van der Waals surface area contributed by atoms with Crippen LogP contribution < -0.4 is 0 Å². The van der Waals surface area contributed by atoms with Crippen molar-refractivity contribution in [3.05, 3.63) is 64.7 Å². The molecule has 1 saturated heterocycles. The second-order valence-electron chi connectivity index (χ2n) is 7.95. The average molecular weight is 459 g/mol. The second kappa shape index (κ2) is 11.4. The van der Waals surface area contributed by atoms with E-state index in [4.69, 9.17) is 16.3 Å². The van der Waals surface area contributed by atoms with E-state index in [9.17, 15) is 9.59 Å². The summed E-state index contributed by atoms with van der Waals surface area (Å²) in [5, 5.41) is 0.875. The molecule has 172 valence electrons. The van der Waals surface area contributed by atoms with Gasteiger partial charge >= 0.3 is 0 Å². The molecule has 2 aliphatic rings. The third-order valence-electron chi connectivity index (χ3n) is 5.78. The number of rotatable bonds is 4. The van der Waals surface area contributed by atoms with Gasteiger partial charge in [-0.15, -0.1) is 0 Å². The van der Waals surface area contributed by atoms with Gasteiger partial charge in [0.1, 0.15) is 11.5 Å². The van der Waals surface area contributed by atoms with E-state index in [0.717, 1.165) is 30.4 Å². The maximum absolute atomic E-state index is 12.4. The Balaban J connectivity index is 0.000000269. The lowest BCUT2D eigenvalue weighted by Gasteiger charge is -2.30. The Kier molecular flexibility index (Phi) is 8.61. The molecule has 1 amide bonds. The van der Waals surface area contributed by atoms with Gasteiger partial charge in [0.05, 0.1) is 32.0 Å². The third kappa shape index (κ3) is 6.06. The Morgan fingerprint density at radius 2 is 2.03 bits per heavy atom. The van der Waals surface area contributed by atoms with Gasteiger partial charge < -0.3 is 14.2 Å². The van der Waals surface area contributed by atoms with Crippen molar-refractivity contribution in [2.24, 2.45) is 0 Å². The molecule has 2 aliphatic heterocycles. The predicted octanol–water partition coefficient (Wildman–Crippen LogP) is 3.22. The number of aromatic nitrogens is 2. The number of carbonyl (C=O) groups excluding carboxylic acids is 2. The van der Waals surface area contributed by atoms with Crippen LogP contribution in [0.3, 0.4) is 0 Å². The quantitative estimate of drug-likeness (QED) is 0.520. The summed E-state index contributed by atoms with van der Waals surface area (Å²) < 4.78 is 7.34. The fourth-order valence-electron chi connectivity index (χ4n) is 3.72. The first kappa shape index (κ1) is 24.2. The highest BCUT2D eigenvalue weighted by Crippen LogP contribution is 2.16. The van der Waals surface area contributed by atoms with Crippen LogP contribution in [0.15, 0.2) is 42.6 Å². The summed E-state index contributed by atoms with van der Waals surface area (Å²) in [5.74, 6) is 0.743. The lowest BCUT2D eigenvalue weighted by atomic mass is 10.2. The van der Waals surface area contributed by atoms with E-state index in [1.54, 1.807) is 17.2 Å². The van der Waals surface area contributed by atoms with E-state index >= 15 is 0 Å². The van der Waals surface area contributed by atoms with Crippen molar-refractivity contribution < 1.29 is 14.3 Å². The van der Waals surface area contributed by atoms with Crippen molar-refractivity contribution in [1.82, 2.24) is 19.4 Å². The van der Waals surface area contributed by atoms with Gasteiger partial charge in [0, 0.05) is 37.7 Å². The normalized spacial score (nSPS) is 18.8. The van der Waals surface area contributed by atoms with Gasteiger partial charge in [-0.3, -0.25) is 14.5 Å². The molecule has 1 fully saturated rings. The van der Waals surface area contributed by atoms with Crippen LogP contribution in [0.2, 0.25) is 5.02 Å². The van der Waals surface area contributed by atoms with Crippen LogP contribution in [-0.2, 0) is 29.0 Å². The van der Waals surface area contributed by atoms with Crippen LogP contribution in [0.25, 0.3) is 0 Å². The van der Waals surface area contributed by atoms with Crippen molar-refractivity contribution in [3.63, 3.8) is 0 Å². The molecular weight excluding hydrogens is 428 g/mol. The monoisotopic (exact) mass is 458 g/mol. The van der Waals surface area contributed by atoms with Gasteiger partial charge in [-0.2, -0.15) is 0 Å². The molecule has 0 aliphatic carbocycles. The fraction of sp³-hybridized carbons (Fsp3) is 0.458. The lowest BCUT2D eigenvalue weighted by Crippen LogP contribution is -2.42. The summed E-state index contributed by atoms with van der Waals surface area (Å²) in [5.41, 5.74) is 1.84. The number of hydrogen-bond donors (Lipinski definition) is 0. The first-order valence-electron chi connectivity index (χ1n) is 10.9. The summed E-state index contributed by atoms with van der Waals surface area (Å²) in [4.78, 5) is 32.1. The molecule has 0 radical (unpaired) electrons. The predicted molar refractivity (Wildman–Crippen MR) is 125 cm³/mol. The molecule has 1 atom stereocenters. The Bertz CT molecular complexity index is 972. The number of morpholine rings is 1. The molecule has 4 rings (SSSR count). The number of amides is 1. The van der Waals surface area contributed by atoms with Crippen LogP contribution in [-0.4, -0.2) is 70.4 Å². The van der Waals surface area contributed by atoms with Crippen molar-refractivity contribution in [2.75, 3.05) is 33.4 Å². The summed E-state index contributed by atoms with van der Waals surface area (Å²) in [6.45, 7) is 7.49. The summed E-state index contributed by atoms with van der Waals surface area (Å²) in [7, 11) is 2.03. The van der Waals surface area contributed by atoms with E-state index in [0.29, 0.717) is 31.9 Å².